The zero-order valence-corrected chi connectivity index (χ0v) is 56.0. The average Bonchev–Trinajstić information content (AvgIpc) is 1.65. The second-order valence-corrected chi connectivity index (χ2v) is 25.3. The topological polar surface area (TPSA) is 365 Å². The molecular formula is C65H89N19O11. The Hall–Kier alpha value is -9.71. The molecule has 1 fully saturated rings. The van der Waals surface area contributed by atoms with Gasteiger partial charge >= 0.3 is 6.09 Å². The van der Waals surface area contributed by atoms with Crippen molar-refractivity contribution in [2.75, 3.05) is 57.1 Å². The molecule has 5 aromatic heterocycles. The summed E-state index contributed by atoms with van der Waals surface area (Å²) in [4.78, 5) is 111. The predicted molar refractivity (Wildman–Crippen MR) is 353 cm³/mol. The van der Waals surface area contributed by atoms with Crippen LogP contribution < -0.4 is 42.4 Å². The van der Waals surface area contributed by atoms with Crippen molar-refractivity contribution in [3.63, 3.8) is 0 Å². The van der Waals surface area contributed by atoms with Crippen LogP contribution in [0, 0.1) is 19.8 Å². The van der Waals surface area contributed by atoms with Crippen LogP contribution >= 0.6 is 0 Å². The number of benzene rings is 2. The van der Waals surface area contributed by atoms with Crippen molar-refractivity contribution < 1.29 is 52.6 Å². The van der Waals surface area contributed by atoms with Crippen LogP contribution in [-0.2, 0) is 58.4 Å². The van der Waals surface area contributed by atoms with E-state index in [0.29, 0.717) is 134 Å². The number of primary amides is 2. The SMILES string of the molecule is CCn1nc(C)cc1C(=O)Nc1nc2cc(C(N)=O)cc(OC)c2n1C/C=C/Cn1c(NC(=O)c2cc(C)nn2CC)nc2cc(C(N)=O)cc(OCCCN3CCC(c4nnc5n4CCN(C(=O)[C@H](CC(C)C)NC(=O)CCCCCONC(=O)OC(C)(C)C)C5)CC3)c21. The molecule has 30 nitrogen and oxygen atoms in total. The second kappa shape index (κ2) is 31.0. The van der Waals surface area contributed by atoms with E-state index in [4.69, 9.17) is 40.5 Å². The van der Waals surface area contributed by atoms with Crippen LogP contribution in [0.5, 0.6) is 11.5 Å². The van der Waals surface area contributed by atoms with Crippen LogP contribution in [0.1, 0.15) is 170 Å². The van der Waals surface area contributed by atoms with E-state index in [1.54, 1.807) is 82.3 Å². The molecule has 0 bridgehead atoms. The van der Waals surface area contributed by atoms with E-state index in [0.717, 1.165) is 31.8 Å². The number of aromatic nitrogens is 11. The number of ether oxygens (including phenoxy) is 3. The Balaban J connectivity index is 0.845. The maximum atomic E-state index is 14.1. The number of likely N-dealkylation sites (tertiary alicyclic amines) is 1. The Bertz CT molecular complexity index is 3970. The molecule has 0 radical (unpaired) electrons. The Morgan fingerprint density at radius 1 is 0.716 bits per heavy atom. The lowest BCUT2D eigenvalue weighted by Crippen LogP contribution is -2.51. The first-order valence-electron chi connectivity index (χ1n) is 32.5. The number of allylic oxidation sites excluding steroid dienone is 2. The zero-order chi connectivity index (χ0) is 68.3. The largest absolute Gasteiger partial charge is 0.494 e. The molecule has 95 heavy (non-hydrogen) atoms. The summed E-state index contributed by atoms with van der Waals surface area (Å²) in [5, 5.41) is 27.1. The lowest BCUT2D eigenvalue weighted by Gasteiger charge is -2.34. The van der Waals surface area contributed by atoms with Gasteiger partial charge in [-0.1, -0.05) is 32.4 Å². The van der Waals surface area contributed by atoms with Crippen molar-refractivity contribution in [1.82, 2.24) is 74.0 Å². The molecule has 510 valence electrons. The summed E-state index contributed by atoms with van der Waals surface area (Å²) < 4.78 is 26.4. The molecule has 1 atom stereocenters. The minimum atomic E-state index is -0.693. The number of hydroxylamine groups is 1. The molecule has 7 heterocycles. The minimum Gasteiger partial charge on any atom is -0.494 e. The molecule has 0 spiro atoms. The zero-order valence-electron chi connectivity index (χ0n) is 56.0. The van der Waals surface area contributed by atoms with Gasteiger partial charge in [0.25, 0.3) is 11.8 Å². The first-order valence-corrected chi connectivity index (χ1v) is 32.5. The van der Waals surface area contributed by atoms with E-state index in [1.807, 2.05) is 39.8 Å². The molecule has 2 aliphatic heterocycles. The van der Waals surface area contributed by atoms with Crippen LogP contribution in [0.15, 0.2) is 48.6 Å². The fraction of sp³-hybridized carbons (Fsp3) is 0.523. The number of nitrogens with two attached hydrogens (primary N) is 2. The lowest BCUT2D eigenvalue weighted by atomic mass is 9.95. The number of unbranched alkanes of at least 4 members (excludes halogenated alkanes) is 2. The number of carbonyl (C=O) groups is 7. The number of methoxy groups -OCH3 is 1. The quantitative estimate of drug-likeness (QED) is 0.0158. The number of rotatable bonds is 30. The molecule has 0 unspecified atom stereocenters. The number of nitrogens with one attached hydrogen (secondary N) is 4. The maximum absolute atomic E-state index is 14.1. The van der Waals surface area contributed by atoms with Crippen LogP contribution in [0.2, 0.25) is 0 Å². The van der Waals surface area contributed by atoms with Gasteiger partial charge in [-0.3, -0.25) is 53.6 Å². The molecule has 30 heteroatoms. The van der Waals surface area contributed by atoms with Crippen LogP contribution in [-0.4, -0.2) is 163 Å². The summed E-state index contributed by atoms with van der Waals surface area (Å²) >= 11 is 0. The van der Waals surface area contributed by atoms with Gasteiger partial charge in [0.1, 0.15) is 51.4 Å². The molecule has 7 amide bonds. The van der Waals surface area contributed by atoms with E-state index >= 15 is 0 Å². The van der Waals surface area contributed by atoms with Gasteiger partial charge in [0.05, 0.1) is 49.3 Å². The monoisotopic (exact) mass is 1310 g/mol. The third kappa shape index (κ3) is 17.4. The molecule has 7 aromatic rings. The fourth-order valence-corrected chi connectivity index (χ4v) is 12.0. The Morgan fingerprint density at radius 3 is 1.84 bits per heavy atom. The smallest absolute Gasteiger partial charge is 0.431 e. The summed E-state index contributed by atoms with van der Waals surface area (Å²) in [5.74, 6) is 0.279. The third-order valence-corrected chi connectivity index (χ3v) is 16.4. The Labute approximate surface area is 550 Å². The summed E-state index contributed by atoms with van der Waals surface area (Å²) in [6.45, 7) is 22.0. The molecule has 0 saturated carbocycles. The van der Waals surface area contributed by atoms with Gasteiger partial charge in [0.15, 0.2) is 5.82 Å². The summed E-state index contributed by atoms with van der Waals surface area (Å²) in [6, 6.07) is 8.89. The van der Waals surface area contributed by atoms with E-state index in [1.165, 1.54) is 19.2 Å². The number of carbonyl (C=O) groups excluding carboxylic acids is 7. The summed E-state index contributed by atoms with van der Waals surface area (Å²) in [7, 11) is 1.46. The third-order valence-electron chi connectivity index (χ3n) is 16.4. The van der Waals surface area contributed by atoms with Gasteiger partial charge < -0.3 is 54.5 Å². The number of nitrogens with zero attached hydrogens (tertiary/aromatic N) is 13. The highest BCUT2D eigenvalue weighted by molar-refractivity contribution is 6.05. The average molecular weight is 1310 g/mol. The molecule has 8 N–H and O–H groups in total. The lowest BCUT2D eigenvalue weighted by molar-refractivity contribution is -0.138. The predicted octanol–water partition coefficient (Wildman–Crippen LogP) is 6.53. The highest BCUT2D eigenvalue weighted by Crippen LogP contribution is 2.35. The maximum Gasteiger partial charge on any atom is 0.431 e. The van der Waals surface area contributed by atoms with Gasteiger partial charge in [-0.2, -0.15) is 15.7 Å². The van der Waals surface area contributed by atoms with Crippen molar-refractivity contribution >= 4 is 75.5 Å². The first kappa shape index (κ1) is 69.6. The number of hydrogen-bond acceptors (Lipinski definition) is 18. The summed E-state index contributed by atoms with van der Waals surface area (Å²) in [6.07, 6.45) is 8.03. The number of amides is 7. The van der Waals surface area contributed by atoms with Gasteiger partial charge in [0, 0.05) is 69.3 Å². The number of hydrogen-bond donors (Lipinski definition) is 6. The van der Waals surface area contributed by atoms with Crippen molar-refractivity contribution in [1.29, 1.82) is 0 Å². The number of fused-ring (bicyclic) bond motifs is 3. The first-order chi connectivity index (χ1) is 45.4. The number of piperidine rings is 1. The van der Waals surface area contributed by atoms with Crippen LogP contribution in [0.25, 0.3) is 22.1 Å². The van der Waals surface area contributed by atoms with Crippen molar-refractivity contribution in [3.8, 4) is 11.5 Å². The molecule has 2 aliphatic rings. The van der Waals surface area contributed by atoms with Crippen LogP contribution in [0.3, 0.4) is 0 Å². The van der Waals surface area contributed by atoms with Crippen LogP contribution in [0.4, 0.5) is 16.7 Å². The molecule has 2 aromatic carbocycles. The van der Waals surface area contributed by atoms with Gasteiger partial charge in [-0.25, -0.2) is 14.8 Å². The fourth-order valence-electron chi connectivity index (χ4n) is 12.0. The van der Waals surface area contributed by atoms with E-state index in [9.17, 15) is 33.6 Å². The van der Waals surface area contributed by atoms with E-state index < -0.39 is 41.4 Å². The standard InChI is InChI=1S/C65H89N19O11/c1-11-83-48(32-40(5)75-83)59(88)71-62-69-45-34-43(56(66)86)36-50(92-10)54(45)81(62)23-15-16-24-82-55-46(70-63(82)72-60(89)49-33-41(6)76-84(49)12-2)35-44(57(67)87)37-51(55)93-29-18-22-78-25-20-42(21-26-78)58-74-73-52-38-79(27-28-80(52)58)61(90)47(31-39(3)4)68-53(85)19-14-13-17-30-94-77-64(91)95-65(7,8)9/h15-16,32-37,39,42,47H,11-14,17-31,38H2,1-10H3,(H2,66,86)(H2,67,87)(H,68,85)(H,77,91)(H,69,71,88)(H,70,72,89)/b16-15+/t47-/m0/s1. The molecule has 1 saturated heterocycles. The Morgan fingerprint density at radius 2 is 1.29 bits per heavy atom. The van der Waals surface area contributed by atoms with Gasteiger partial charge in [-0.15, -0.1) is 10.2 Å². The van der Waals surface area contributed by atoms with E-state index in [2.05, 4.69) is 51.3 Å². The van der Waals surface area contributed by atoms with Gasteiger partial charge in [0.2, 0.25) is 35.5 Å². The number of aryl methyl sites for hydroxylation is 4. The second-order valence-electron chi connectivity index (χ2n) is 25.3. The van der Waals surface area contributed by atoms with Crippen molar-refractivity contribution in [2.24, 2.45) is 17.4 Å². The number of anilines is 2. The Kier molecular flexibility index (Phi) is 22.7. The van der Waals surface area contributed by atoms with Crippen molar-refractivity contribution in [3.05, 3.63) is 94.1 Å². The minimum absolute atomic E-state index is 0.121. The number of imidazole rings is 2. The molecule has 9 rings (SSSR count). The van der Waals surface area contributed by atoms with Crippen molar-refractivity contribution in [2.45, 2.75) is 171 Å². The van der Waals surface area contributed by atoms with E-state index in [-0.39, 0.29) is 79.4 Å². The highest BCUT2D eigenvalue weighted by atomic mass is 16.7. The highest BCUT2D eigenvalue weighted by Gasteiger charge is 2.34. The molecule has 0 aliphatic carbocycles. The van der Waals surface area contributed by atoms with Gasteiger partial charge in [-0.05, 0) is 142 Å². The summed E-state index contributed by atoms with van der Waals surface area (Å²) in [5.41, 5.74) is 17.2. The molecular weight excluding hydrogens is 1220 g/mol. The normalized spacial score (nSPS) is 14.2.